The summed E-state index contributed by atoms with van der Waals surface area (Å²) < 4.78 is 35.7. The zero-order chi connectivity index (χ0) is 27.1. The topological polar surface area (TPSA) is 122 Å². The Balaban J connectivity index is 1.36. The van der Waals surface area contributed by atoms with E-state index in [9.17, 15) is 9.50 Å². The molecule has 7 rings (SSSR count). The number of nitrogens with one attached hydrogen (secondary N) is 1. The van der Waals surface area contributed by atoms with Gasteiger partial charge in [0.1, 0.15) is 17.6 Å². The summed E-state index contributed by atoms with van der Waals surface area (Å²) >= 11 is 0. The lowest BCUT2D eigenvalue weighted by molar-refractivity contribution is -0.0592. The fourth-order valence-electron chi connectivity index (χ4n) is 6.15. The van der Waals surface area contributed by atoms with Gasteiger partial charge in [0, 0.05) is 47.6 Å². The predicted octanol–water partition coefficient (Wildman–Crippen LogP) is 3.99. The number of hydrogen-bond donors (Lipinski definition) is 3. The van der Waals surface area contributed by atoms with Gasteiger partial charge < -0.3 is 15.6 Å². The number of nitrogen functional groups attached to an aromatic ring is 1. The van der Waals surface area contributed by atoms with Crippen LogP contribution in [0.1, 0.15) is 63.7 Å². The average molecular weight is 538 g/mol. The summed E-state index contributed by atoms with van der Waals surface area (Å²) in [6.07, 6.45) is 9.07. The average Bonchev–Trinajstić information content (AvgIpc) is 2.90. The van der Waals surface area contributed by atoms with Gasteiger partial charge in [-0.1, -0.05) is 6.42 Å². The molecular formula is C28H33F2N7O2. The number of aromatic nitrogens is 4. The summed E-state index contributed by atoms with van der Waals surface area (Å²) in [6, 6.07) is 6.14. The number of rotatable bonds is 8. The monoisotopic (exact) mass is 537 g/mol. The number of aliphatic hydroxyl groups excluding tert-OH is 1. The Labute approximate surface area is 225 Å². The number of hydrogen-bond acceptors (Lipinski definition) is 9. The third kappa shape index (κ3) is 4.94. The molecule has 1 atom stereocenters. The van der Waals surface area contributed by atoms with E-state index in [1.54, 1.807) is 18.3 Å². The van der Waals surface area contributed by atoms with Gasteiger partial charge >= 0.3 is 0 Å². The van der Waals surface area contributed by atoms with Crippen LogP contribution in [-0.4, -0.2) is 60.7 Å². The summed E-state index contributed by atoms with van der Waals surface area (Å²) in [5.41, 5.74) is 5.74. The Morgan fingerprint density at radius 3 is 2.51 bits per heavy atom. The van der Waals surface area contributed by atoms with E-state index in [1.165, 1.54) is 31.5 Å². The lowest BCUT2D eigenvalue weighted by Crippen LogP contribution is -2.67. The fraction of sp³-hybridized carbons (Fsp3) is 0.500. The zero-order valence-corrected chi connectivity index (χ0v) is 21.9. The number of nitrogens with two attached hydrogens (primary N) is 1. The smallest absolute Gasteiger partial charge is 0.256 e. The summed E-state index contributed by atoms with van der Waals surface area (Å²) in [6.45, 7) is 3.17. The maximum absolute atomic E-state index is 16.0. The Bertz CT molecular complexity index is 1340. The first-order valence-corrected chi connectivity index (χ1v) is 13.7. The van der Waals surface area contributed by atoms with Crippen molar-refractivity contribution in [1.29, 1.82) is 0 Å². The van der Waals surface area contributed by atoms with Crippen LogP contribution in [0.4, 0.5) is 14.6 Å². The molecule has 0 spiro atoms. The van der Waals surface area contributed by atoms with Crippen molar-refractivity contribution in [3.8, 4) is 28.5 Å². The van der Waals surface area contributed by atoms with Crippen LogP contribution < -0.4 is 15.8 Å². The minimum atomic E-state index is -1.31. The van der Waals surface area contributed by atoms with Crippen LogP contribution in [0.5, 0.6) is 5.88 Å². The van der Waals surface area contributed by atoms with E-state index < -0.39 is 23.8 Å². The van der Waals surface area contributed by atoms with Crippen molar-refractivity contribution in [2.24, 2.45) is 0 Å². The molecule has 2 saturated carbocycles. The van der Waals surface area contributed by atoms with Crippen LogP contribution >= 0.6 is 0 Å². The fourth-order valence-corrected chi connectivity index (χ4v) is 6.15. The van der Waals surface area contributed by atoms with Gasteiger partial charge in [-0.25, -0.2) is 24.3 Å². The maximum atomic E-state index is 16.0. The first-order chi connectivity index (χ1) is 18.9. The van der Waals surface area contributed by atoms with Crippen molar-refractivity contribution < 1.29 is 18.6 Å². The molecule has 0 radical (unpaired) electrons. The second-order valence-corrected chi connectivity index (χ2v) is 10.8. The van der Waals surface area contributed by atoms with E-state index >= 15 is 4.39 Å². The van der Waals surface area contributed by atoms with E-state index in [1.807, 2.05) is 6.92 Å². The minimum Gasteiger partial charge on any atom is -0.478 e. The number of anilines is 1. The van der Waals surface area contributed by atoms with Crippen molar-refractivity contribution in [3.05, 3.63) is 47.9 Å². The minimum absolute atomic E-state index is 0.000170. The summed E-state index contributed by atoms with van der Waals surface area (Å²) in [4.78, 5) is 18.9. The zero-order valence-electron chi connectivity index (χ0n) is 21.9. The van der Waals surface area contributed by atoms with E-state index in [0.29, 0.717) is 35.8 Å². The highest BCUT2D eigenvalue weighted by atomic mass is 19.1. The van der Waals surface area contributed by atoms with Gasteiger partial charge in [0.2, 0.25) is 5.88 Å². The highest BCUT2D eigenvalue weighted by molar-refractivity contribution is 5.66. The Morgan fingerprint density at radius 1 is 1.10 bits per heavy atom. The number of aliphatic hydroxyl groups is 1. The second-order valence-electron chi connectivity index (χ2n) is 10.8. The molecule has 206 valence electrons. The quantitative estimate of drug-likeness (QED) is 0.366. The number of fused-ring (bicyclic) bond motifs is 3. The first kappa shape index (κ1) is 26.0. The maximum Gasteiger partial charge on any atom is 0.256 e. The van der Waals surface area contributed by atoms with E-state index in [2.05, 4.69) is 30.2 Å². The molecule has 4 fully saturated rings. The van der Waals surface area contributed by atoms with Gasteiger partial charge in [0.15, 0.2) is 11.6 Å². The van der Waals surface area contributed by atoms with Gasteiger partial charge in [-0.05, 0) is 57.6 Å². The molecule has 2 aliphatic carbocycles. The van der Waals surface area contributed by atoms with Crippen molar-refractivity contribution >= 4 is 5.82 Å². The van der Waals surface area contributed by atoms with Crippen molar-refractivity contribution in [2.75, 3.05) is 18.9 Å². The van der Waals surface area contributed by atoms with Gasteiger partial charge in [-0.3, -0.25) is 10.2 Å². The van der Waals surface area contributed by atoms with E-state index in [0.717, 1.165) is 32.2 Å². The highest BCUT2D eigenvalue weighted by Gasteiger charge is 2.48. The molecule has 2 bridgehead atoms. The molecule has 4 aliphatic rings. The van der Waals surface area contributed by atoms with Gasteiger partial charge in [0.25, 0.3) is 5.95 Å². The Kier molecular flexibility index (Phi) is 6.90. The number of ether oxygens (including phenoxy) is 1. The van der Waals surface area contributed by atoms with E-state index in [-0.39, 0.29) is 22.5 Å². The molecule has 2 aliphatic heterocycles. The second kappa shape index (κ2) is 10.4. The Hall–Kier alpha value is -3.28. The van der Waals surface area contributed by atoms with Crippen molar-refractivity contribution in [2.45, 2.75) is 75.7 Å². The van der Waals surface area contributed by atoms with Crippen molar-refractivity contribution in [1.82, 2.24) is 30.2 Å². The number of nitrogens with zero attached hydrogens (tertiary/aromatic N) is 5. The molecule has 3 aromatic heterocycles. The molecular weight excluding hydrogens is 504 g/mol. The molecule has 3 aromatic rings. The lowest BCUT2D eigenvalue weighted by Gasteiger charge is -2.57. The molecule has 11 heteroatoms. The van der Waals surface area contributed by atoms with Crippen LogP contribution in [0.3, 0.4) is 0 Å². The third-order valence-corrected chi connectivity index (χ3v) is 8.46. The number of halogens is 2. The van der Waals surface area contributed by atoms with Crippen LogP contribution in [0.2, 0.25) is 0 Å². The van der Waals surface area contributed by atoms with Gasteiger partial charge in [0.05, 0.1) is 18.5 Å². The summed E-state index contributed by atoms with van der Waals surface area (Å²) in [5.74, 6) is -1.76. The van der Waals surface area contributed by atoms with Crippen LogP contribution in [0, 0.1) is 11.8 Å². The van der Waals surface area contributed by atoms with Gasteiger partial charge in [-0.15, -0.1) is 0 Å². The number of piperidine rings is 2. The summed E-state index contributed by atoms with van der Waals surface area (Å²) in [7, 11) is 0. The molecule has 39 heavy (non-hydrogen) atoms. The van der Waals surface area contributed by atoms with Crippen LogP contribution in [-0.2, 0) is 0 Å². The third-order valence-electron chi connectivity index (χ3n) is 8.46. The van der Waals surface area contributed by atoms with E-state index in [4.69, 9.17) is 10.5 Å². The molecule has 4 N–H and O–H groups in total. The SMILES string of the molecule is CCOc1ccc(-c2cc(C(O)NC34CCC(CC3)N(C3CCC3)C4)c(F)c(-c3cnc(N)c(F)n3)n2)cn1. The molecule has 9 nitrogen and oxygen atoms in total. The Morgan fingerprint density at radius 2 is 1.87 bits per heavy atom. The van der Waals surface area contributed by atoms with Crippen molar-refractivity contribution in [3.63, 3.8) is 0 Å². The lowest BCUT2D eigenvalue weighted by atomic mass is 9.71. The standard InChI is InChI=1S/C28H33F2N7O2/c1-2-39-22-7-6-16(13-32-22)20-12-19(23(29)24(34-20)21-14-33-26(31)25(30)35-21)27(38)36-28-10-8-18(9-11-28)37(15-28)17-4-3-5-17/h6-7,12-14,17-18,27,36,38H,2-5,8-11,15H2,1H3,(H2,31,33). The highest BCUT2D eigenvalue weighted by Crippen LogP contribution is 2.43. The normalized spacial score (nSPS) is 23.9. The number of pyridine rings is 2. The molecule has 0 aromatic carbocycles. The molecule has 2 saturated heterocycles. The summed E-state index contributed by atoms with van der Waals surface area (Å²) in [5, 5.41) is 14.8. The van der Waals surface area contributed by atoms with Crippen LogP contribution in [0.15, 0.2) is 30.6 Å². The molecule has 1 unspecified atom stereocenters. The molecule has 5 heterocycles. The van der Waals surface area contributed by atoms with Gasteiger partial charge in [-0.2, -0.15) is 4.39 Å². The first-order valence-electron chi connectivity index (χ1n) is 13.7. The molecule has 0 amide bonds. The van der Waals surface area contributed by atoms with Crippen LogP contribution in [0.25, 0.3) is 22.6 Å². The largest absolute Gasteiger partial charge is 0.478 e. The predicted molar refractivity (Wildman–Crippen MR) is 141 cm³/mol.